The molecule has 0 fully saturated rings. The average molecular weight is 441 g/mol. The van der Waals surface area contributed by atoms with Gasteiger partial charge in [-0.15, -0.1) is 0 Å². The van der Waals surface area contributed by atoms with Gasteiger partial charge < -0.3 is 10.1 Å². The number of hydrogen-bond acceptors (Lipinski definition) is 4. The molecule has 0 spiro atoms. The van der Waals surface area contributed by atoms with Gasteiger partial charge in [0.05, 0.1) is 12.7 Å². The van der Waals surface area contributed by atoms with Crippen LogP contribution in [0, 0.1) is 6.92 Å². The van der Waals surface area contributed by atoms with E-state index in [1.807, 2.05) is 12.1 Å². The van der Waals surface area contributed by atoms with E-state index in [1.54, 1.807) is 7.11 Å². The Morgan fingerprint density at radius 3 is 2.55 bits per heavy atom. The maximum atomic E-state index is 5.47. The predicted molar refractivity (Wildman–Crippen MR) is 135 cm³/mol. The fourth-order valence-corrected chi connectivity index (χ4v) is 4.95. The molecule has 5 rings (SSSR count). The number of methoxy groups -OCH3 is 1. The van der Waals surface area contributed by atoms with Gasteiger partial charge >= 0.3 is 0 Å². The molecule has 0 atom stereocenters. The van der Waals surface area contributed by atoms with E-state index < -0.39 is 0 Å². The van der Waals surface area contributed by atoms with Gasteiger partial charge in [0.1, 0.15) is 17.3 Å². The highest BCUT2D eigenvalue weighted by Crippen LogP contribution is 2.40. The van der Waals surface area contributed by atoms with Gasteiger partial charge in [0, 0.05) is 22.9 Å². The van der Waals surface area contributed by atoms with Crippen LogP contribution in [-0.4, -0.2) is 27.7 Å². The maximum Gasteiger partial charge on any atom is 0.166 e. The smallest absolute Gasteiger partial charge is 0.166 e. The maximum absolute atomic E-state index is 5.47. The van der Waals surface area contributed by atoms with Crippen LogP contribution in [-0.2, 0) is 12.8 Å². The zero-order valence-corrected chi connectivity index (χ0v) is 20.0. The number of aryl methyl sites for hydroxylation is 2. The van der Waals surface area contributed by atoms with Gasteiger partial charge in [0.2, 0.25) is 0 Å². The molecule has 1 aliphatic carbocycles. The monoisotopic (exact) mass is 440 g/mol. The van der Waals surface area contributed by atoms with Crippen LogP contribution >= 0.6 is 0 Å². The number of anilines is 1. The fraction of sp³-hybridized carbons (Fsp3) is 0.357. The highest BCUT2D eigenvalue weighted by Gasteiger charge is 2.27. The molecule has 0 radical (unpaired) electrons. The lowest BCUT2D eigenvalue weighted by molar-refractivity contribution is 0.414. The molecule has 0 amide bonds. The third-order valence-corrected chi connectivity index (χ3v) is 6.86. The largest absolute Gasteiger partial charge is 0.497 e. The number of hydrogen-bond donors (Lipinski definition) is 1. The van der Waals surface area contributed by atoms with Crippen molar-refractivity contribution in [2.75, 3.05) is 12.4 Å². The summed E-state index contributed by atoms with van der Waals surface area (Å²) in [6.07, 6.45) is 5.38. The zero-order valence-electron chi connectivity index (χ0n) is 20.0. The van der Waals surface area contributed by atoms with Crippen molar-refractivity contribution in [3.8, 4) is 28.1 Å². The summed E-state index contributed by atoms with van der Waals surface area (Å²) in [7, 11) is 1.71. The molecule has 5 heteroatoms. The predicted octanol–water partition coefficient (Wildman–Crippen LogP) is 6.47. The van der Waals surface area contributed by atoms with E-state index in [-0.39, 0.29) is 0 Å². The number of aromatic nitrogens is 3. The van der Waals surface area contributed by atoms with E-state index in [0.717, 1.165) is 77.3 Å². The lowest BCUT2D eigenvalue weighted by Crippen LogP contribution is -2.21. The minimum absolute atomic E-state index is 0.413. The van der Waals surface area contributed by atoms with E-state index >= 15 is 0 Å². The van der Waals surface area contributed by atoms with Crippen molar-refractivity contribution in [3.63, 3.8) is 0 Å². The number of benzene rings is 2. The molecule has 5 nitrogen and oxygen atoms in total. The van der Waals surface area contributed by atoms with Crippen LogP contribution in [0.2, 0.25) is 0 Å². The van der Waals surface area contributed by atoms with Crippen LogP contribution in [0.4, 0.5) is 5.82 Å². The summed E-state index contributed by atoms with van der Waals surface area (Å²) in [6.45, 7) is 6.61. The lowest BCUT2D eigenvalue weighted by atomic mass is 9.97. The van der Waals surface area contributed by atoms with Crippen LogP contribution in [0.3, 0.4) is 0 Å². The summed E-state index contributed by atoms with van der Waals surface area (Å²) < 4.78 is 7.54. The van der Waals surface area contributed by atoms with Crippen molar-refractivity contribution < 1.29 is 4.74 Å². The summed E-state index contributed by atoms with van der Waals surface area (Å²) >= 11 is 0. The van der Waals surface area contributed by atoms with Crippen LogP contribution < -0.4 is 10.1 Å². The van der Waals surface area contributed by atoms with E-state index in [1.165, 1.54) is 11.3 Å². The fourth-order valence-electron chi connectivity index (χ4n) is 4.95. The van der Waals surface area contributed by atoms with E-state index in [4.69, 9.17) is 14.8 Å². The Morgan fingerprint density at radius 2 is 1.85 bits per heavy atom. The molecule has 1 aliphatic rings. The van der Waals surface area contributed by atoms with Gasteiger partial charge in [-0.2, -0.15) is 9.61 Å². The summed E-state index contributed by atoms with van der Waals surface area (Å²) in [5.74, 6) is 1.98. The lowest BCUT2D eigenvalue weighted by Gasteiger charge is -2.20. The molecule has 0 saturated carbocycles. The van der Waals surface area contributed by atoms with Gasteiger partial charge in [-0.1, -0.05) is 50.2 Å². The Labute approximate surface area is 195 Å². The Balaban J connectivity index is 1.83. The highest BCUT2D eigenvalue weighted by atomic mass is 16.5. The molecule has 0 aliphatic heterocycles. The second kappa shape index (κ2) is 8.89. The molecule has 2 aromatic carbocycles. The summed E-state index contributed by atoms with van der Waals surface area (Å²) in [5, 5.41) is 9.04. The topological polar surface area (TPSA) is 51.5 Å². The Morgan fingerprint density at radius 1 is 1.06 bits per heavy atom. The van der Waals surface area contributed by atoms with Crippen molar-refractivity contribution in [1.29, 1.82) is 0 Å². The highest BCUT2D eigenvalue weighted by molar-refractivity contribution is 5.92. The van der Waals surface area contributed by atoms with Crippen LogP contribution in [0.5, 0.6) is 5.75 Å². The minimum atomic E-state index is 0.413. The SMILES string of the molecule is CCC(CC)Nc1c2c(nc3c(-c4ccc(OC)cc4C)c(-c4ccccc4)nn13)CCC2. The molecular formula is C28H32N4O. The second-order valence-electron chi connectivity index (χ2n) is 8.90. The molecule has 0 unspecified atom stereocenters. The van der Waals surface area contributed by atoms with Gasteiger partial charge in [0.25, 0.3) is 0 Å². The van der Waals surface area contributed by atoms with Gasteiger partial charge in [-0.05, 0) is 62.3 Å². The van der Waals surface area contributed by atoms with E-state index in [9.17, 15) is 0 Å². The zero-order chi connectivity index (χ0) is 22.9. The molecular weight excluding hydrogens is 408 g/mol. The Bertz CT molecular complexity index is 1290. The van der Waals surface area contributed by atoms with Gasteiger partial charge in [-0.3, -0.25) is 0 Å². The summed E-state index contributed by atoms with van der Waals surface area (Å²) in [4.78, 5) is 5.21. The number of rotatable bonds is 7. The van der Waals surface area contributed by atoms with Crippen LogP contribution in [0.25, 0.3) is 28.0 Å². The molecule has 2 aromatic heterocycles. The molecule has 33 heavy (non-hydrogen) atoms. The first kappa shape index (κ1) is 21.5. The number of ether oxygens (including phenoxy) is 1. The molecule has 1 N–H and O–H groups in total. The number of nitrogens with one attached hydrogen (secondary N) is 1. The van der Waals surface area contributed by atoms with Crippen LogP contribution in [0.1, 0.15) is 49.9 Å². The Kier molecular flexibility index (Phi) is 5.79. The molecule has 0 saturated heterocycles. The minimum Gasteiger partial charge on any atom is -0.497 e. The summed E-state index contributed by atoms with van der Waals surface area (Å²) in [6, 6.07) is 17.1. The standard InChI is InChI=1S/C28H32N4O/c1-5-20(6-2)29-27-23-13-10-14-24(23)30-28-25(22-16-15-21(33-4)17-18(22)3)26(31-32(27)28)19-11-8-7-9-12-19/h7-9,11-12,15-17,20,29H,5-6,10,13-14H2,1-4H3. The molecule has 170 valence electrons. The first-order valence-electron chi connectivity index (χ1n) is 12.1. The first-order chi connectivity index (χ1) is 16.1. The molecule has 0 bridgehead atoms. The van der Waals surface area contributed by atoms with Crippen molar-refractivity contribution in [2.24, 2.45) is 0 Å². The number of fused-ring (bicyclic) bond motifs is 2. The molecule has 4 aromatic rings. The Hall–Kier alpha value is -3.34. The molecule has 2 heterocycles. The first-order valence-corrected chi connectivity index (χ1v) is 12.1. The van der Waals surface area contributed by atoms with Crippen molar-refractivity contribution >= 4 is 11.5 Å². The van der Waals surface area contributed by atoms with Crippen molar-refractivity contribution in [2.45, 2.75) is 58.9 Å². The third-order valence-electron chi connectivity index (χ3n) is 6.86. The van der Waals surface area contributed by atoms with Crippen molar-refractivity contribution in [1.82, 2.24) is 14.6 Å². The normalized spacial score (nSPS) is 13.0. The van der Waals surface area contributed by atoms with E-state index in [0.29, 0.717) is 6.04 Å². The average Bonchev–Trinajstić information content (AvgIpc) is 3.47. The second-order valence-corrected chi connectivity index (χ2v) is 8.90. The van der Waals surface area contributed by atoms with Gasteiger partial charge in [0.15, 0.2) is 5.65 Å². The number of nitrogens with zero attached hydrogens (tertiary/aromatic N) is 3. The van der Waals surface area contributed by atoms with Gasteiger partial charge in [-0.25, -0.2) is 4.98 Å². The quantitative estimate of drug-likeness (QED) is 0.358. The summed E-state index contributed by atoms with van der Waals surface area (Å²) in [5.41, 5.74) is 8.91. The third kappa shape index (κ3) is 3.75. The van der Waals surface area contributed by atoms with Crippen LogP contribution in [0.15, 0.2) is 48.5 Å². The van der Waals surface area contributed by atoms with E-state index in [2.05, 4.69) is 67.0 Å². The van der Waals surface area contributed by atoms with Crippen molar-refractivity contribution in [3.05, 3.63) is 65.4 Å².